The molecular weight excluding hydrogens is 513 g/mol. The topological polar surface area (TPSA) is 138 Å². The van der Waals surface area contributed by atoms with Crippen LogP contribution >= 0.6 is 7.52 Å². The van der Waals surface area contributed by atoms with Gasteiger partial charge in [-0.15, -0.1) is 0 Å². The van der Waals surface area contributed by atoms with E-state index in [1.54, 1.807) is 39.0 Å². The number of carboxylic acid groups (broad SMARTS) is 1. The van der Waals surface area contributed by atoms with Crippen molar-refractivity contribution in [2.45, 2.75) is 39.8 Å². The molecule has 0 aliphatic carbocycles. The summed E-state index contributed by atoms with van der Waals surface area (Å²) >= 11 is 0. The first kappa shape index (κ1) is 28.9. The van der Waals surface area contributed by atoms with Crippen LogP contribution in [0.5, 0.6) is 11.6 Å². The van der Waals surface area contributed by atoms with Gasteiger partial charge in [-0.05, 0) is 49.6 Å². The number of carbonyl (C=O) groups excluding carboxylic acids is 1. The average molecular weight is 546 g/mol. The zero-order valence-corrected chi connectivity index (χ0v) is 22.8. The van der Waals surface area contributed by atoms with E-state index < -0.39 is 25.2 Å². The molecule has 12 heteroatoms. The largest absolute Gasteiger partial charge is 0.515 e. The number of aromatic nitrogens is 2. The average Bonchev–Trinajstić information content (AvgIpc) is 3.23. The molecule has 0 aliphatic rings. The molecule has 2 N–H and O–H groups in total. The molecular formula is C26H32N3O8P. The number of rotatable bonds is 12. The van der Waals surface area contributed by atoms with Crippen molar-refractivity contribution < 1.29 is 38.0 Å². The number of ether oxygens (including phenoxy) is 3. The predicted molar refractivity (Wildman–Crippen MR) is 140 cm³/mol. The first-order chi connectivity index (χ1) is 18.0. The summed E-state index contributed by atoms with van der Waals surface area (Å²) in [5, 5.41) is 16.7. The Morgan fingerprint density at radius 2 is 1.79 bits per heavy atom. The minimum atomic E-state index is -3.75. The zero-order valence-electron chi connectivity index (χ0n) is 21.9. The van der Waals surface area contributed by atoms with Crippen LogP contribution in [0.15, 0.2) is 60.7 Å². The molecule has 0 amide bonds. The van der Waals surface area contributed by atoms with Crippen LogP contribution in [0.3, 0.4) is 0 Å². The summed E-state index contributed by atoms with van der Waals surface area (Å²) in [6, 6.07) is 17.2. The number of benzene rings is 2. The van der Waals surface area contributed by atoms with Crippen molar-refractivity contribution in [3.05, 3.63) is 71.9 Å². The van der Waals surface area contributed by atoms with Crippen LogP contribution in [0.2, 0.25) is 0 Å². The van der Waals surface area contributed by atoms with Crippen LogP contribution in [0, 0.1) is 12.8 Å². The number of hydrogen-bond donors (Lipinski definition) is 2. The van der Waals surface area contributed by atoms with Gasteiger partial charge in [-0.2, -0.15) is 5.10 Å². The van der Waals surface area contributed by atoms with Gasteiger partial charge in [-0.25, -0.2) is 14.6 Å². The summed E-state index contributed by atoms with van der Waals surface area (Å²) in [7, 11) is -2.40. The van der Waals surface area contributed by atoms with E-state index in [4.69, 9.17) is 18.7 Å². The van der Waals surface area contributed by atoms with E-state index in [9.17, 15) is 19.3 Å². The van der Waals surface area contributed by atoms with E-state index in [-0.39, 0.29) is 30.5 Å². The predicted octanol–water partition coefficient (Wildman–Crippen LogP) is 5.16. The summed E-state index contributed by atoms with van der Waals surface area (Å²) in [6.45, 7) is 6.55. The van der Waals surface area contributed by atoms with E-state index in [0.717, 1.165) is 5.69 Å². The van der Waals surface area contributed by atoms with Gasteiger partial charge in [0, 0.05) is 13.2 Å². The quantitative estimate of drug-likeness (QED) is 0.232. The molecule has 3 rings (SSSR count). The number of hydrogen-bond acceptors (Lipinski definition) is 8. The first-order valence-corrected chi connectivity index (χ1v) is 13.6. The lowest BCUT2D eigenvalue weighted by molar-refractivity contribution is -0.145. The van der Waals surface area contributed by atoms with Gasteiger partial charge in [-0.3, -0.25) is 9.36 Å². The van der Waals surface area contributed by atoms with Gasteiger partial charge in [0.2, 0.25) is 5.88 Å². The van der Waals surface area contributed by atoms with E-state index >= 15 is 0 Å². The highest BCUT2D eigenvalue weighted by Gasteiger charge is 2.43. The van der Waals surface area contributed by atoms with Crippen LogP contribution in [-0.4, -0.2) is 46.0 Å². The maximum absolute atomic E-state index is 13.4. The Balaban J connectivity index is 1.63. The minimum absolute atomic E-state index is 0.0873. The molecule has 0 spiro atoms. The molecule has 0 saturated carbocycles. The highest BCUT2D eigenvalue weighted by atomic mass is 31.2. The maximum Gasteiger partial charge on any atom is 0.515 e. The molecule has 1 aromatic heterocycles. The Kier molecular flexibility index (Phi) is 9.32. The van der Waals surface area contributed by atoms with E-state index in [0.29, 0.717) is 11.3 Å². The summed E-state index contributed by atoms with van der Waals surface area (Å²) < 4.78 is 36.2. The van der Waals surface area contributed by atoms with Gasteiger partial charge < -0.3 is 23.8 Å². The number of aliphatic carboxylic acids is 1. The number of para-hydroxylation sites is 1. The third-order valence-electron chi connectivity index (χ3n) is 5.82. The van der Waals surface area contributed by atoms with Crippen molar-refractivity contribution >= 4 is 19.6 Å². The van der Waals surface area contributed by atoms with Crippen molar-refractivity contribution in [1.29, 1.82) is 0 Å². The van der Waals surface area contributed by atoms with Gasteiger partial charge in [-0.1, -0.05) is 44.2 Å². The fraction of sp³-hybridized carbons (Fsp3) is 0.346. The molecule has 0 bridgehead atoms. The lowest BCUT2D eigenvalue weighted by atomic mass is 9.90. The molecule has 0 radical (unpaired) electrons. The van der Waals surface area contributed by atoms with Crippen molar-refractivity contribution in [1.82, 2.24) is 14.9 Å². The van der Waals surface area contributed by atoms with E-state index in [2.05, 4.69) is 10.2 Å². The van der Waals surface area contributed by atoms with E-state index in [1.807, 2.05) is 30.3 Å². The molecule has 38 heavy (non-hydrogen) atoms. The van der Waals surface area contributed by atoms with Crippen LogP contribution in [0.4, 0.5) is 4.79 Å². The molecule has 0 fully saturated rings. The SMILES string of the molecule is COCP(=O)(NC(C)(C(=O)O)C(C)C)Oc1ccc(COC(=O)Oc2cc(C)nn2-c2ccccc2)cc1. The number of nitrogens with one attached hydrogen (secondary N) is 1. The summed E-state index contributed by atoms with van der Waals surface area (Å²) in [5.74, 6) is -1.10. The number of nitrogens with zero attached hydrogens (tertiary/aromatic N) is 2. The number of carboxylic acids is 1. The van der Waals surface area contributed by atoms with Gasteiger partial charge in [0.15, 0.2) is 0 Å². The zero-order chi connectivity index (χ0) is 27.9. The highest BCUT2D eigenvalue weighted by molar-refractivity contribution is 7.57. The molecule has 2 atom stereocenters. The van der Waals surface area contributed by atoms with Crippen LogP contribution in [-0.2, 0) is 25.4 Å². The van der Waals surface area contributed by atoms with Gasteiger partial charge >= 0.3 is 19.6 Å². The third kappa shape index (κ3) is 7.22. The molecule has 0 saturated heterocycles. The normalized spacial score (nSPS) is 14.4. The van der Waals surface area contributed by atoms with Crippen LogP contribution < -0.4 is 14.3 Å². The maximum atomic E-state index is 13.4. The molecule has 0 aliphatic heterocycles. The fourth-order valence-corrected chi connectivity index (χ4v) is 5.43. The number of methoxy groups -OCH3 is 1. The number of aryl methyl sites for hydroxylation is 1. The highest BCUT2D eigenvalue weighted by Crippen LogP contribution is 2.46. The first-order valence-electron chi connectivity index (χ1n) is 11.8. The summed E-state index contributed by atoms with van der Waals surface area (Å²) in [4.78, 5) is 24.2. The van der Waals surface area contributed by atoms with Crippen LogP contribution in [0.25, 0.3) is 5.69 Å². The smallest absolute Gasteiger partial charge is 0.480 e. The molecule has 11 nitrogen and oxygen atoms in total. The Morgan fingerprint density at radius 1 is 1.13 bits per heavy atom. The molecule has 2 aromatic carbocycles. The molecule has 3 aromatic rings. The third-order valence-corrected chi connectivity index (χ3v) is 7.73. The second kappa shape index (κ2) is 12.3. The van der Waals surface area contributed by atoms with Crippen molar-refractivity contribution in [2.24, 2.45) is 5.92 Å². The molecule has 1 heterocycles. The molecule has 204 valence electrons. The number of carbonyl (C=O) groups is 2. The van der Waals surface area contributed by atoms with Gasteiger partial charge in [0.05, 0.1) is 11.4 Å². The lowest BCUT2D eigenvalue weighted by Gasteiger charge is -2.34. The minimum Gasteiger partial charge on any atom is -0.480 e. The Labute approximate surface area is 221 Å². The summed E-state index contributed by atoms with van der Waals surface area (Å²) in [6.07, 6.45) is -1.24. The van der Waals surface area contributed by atoms with Crippen LogP contribution in [0.1, 0.15) is 32.0 Å². The van der Waals surface area contributed by atoms with Crippen molar-refractivity contribution in [3.63, 3.8) is 0 Å². The Hall–Kier alpha value is -3.66. The fourth-order valence-electron chi connectivity index (χ4n) is 3.41. The van der Waals surface area contributed by atoms with Crippen molar-refractivity contribution in [3.8, 4) is 17.3 Å². The standard InChI is InChI=1S/C26H32N3O8P/c1-18(2)26(4,24(30)31)28-38(33,17-34-5)37-22-13-11-20(12-14-22)16-35-25(32)36-23-15-19(3)27-29(23)21-9-7-6-8-10-21/h6-15,18H,16-17H2,1-5H3,(H,28,33)(H,30,31). The van der Waals surface area contributed by atoms with E-state index in [1.165, 1.54) is 30.8 Å². The van der Waals surface area contributed by atoms with Gasteiger partial charge in [0.25, 0.3) is 0 Å². The second-order valence-electron chi connectivity index (χ2n) is 9.11. The summed E-state index contributed by atoms with van der Waals surface area (Å²) in [5.41, 5.74) is 0.520. The Morgan fingerprint density at radius 3 is 2.37 bits per heavy atom. The van der Waals surface area contributed by atoms with Gasteiger partial charge in [0.1, 0.15) is 24.2 Å². The Bertz CT molecular complexity index is 1290. The monoisotopic (exact) mass is 545 g/mol. The van der Waals surface area contributed by atoms with Crippen molar-refractivity contribution in [2.75, 3.05) is 13.5 Å². The molecule has 2 unspecified atom stereocenters. The lowest BCUT2D eigenvalue weighted by Crippen LogP contribution is -2.52. The second-order valence-corrected chi connectivity index (χ2v) is 11.1.